The molecule has 1 amide bonds. The molecule has 0 spiro atoms. The summed E-state index contributed by atoms with van der Waals surface area (Å²) in [5, 5.41) is 8.96. The number of carboxylic acid groups (broad SMARTS) is 1. The molecule has 0 bridgehead atoms. The number of amides is 1. The molecule has 0 aliphatic carbocycles. The van der Waals surface area contributed by atoms with E-state index in [1.54, 1.807) is 6.92 Å². The van der Waals surface area contributed by atoms with Gasteiger partial charge in [-0.3, -0.25) is 9.59 Å². The van der Waals surface area contributed by atoms with E-state index in [9.17, 15) is 22.8 Å². The van der Waals surface area contributed by atoms with E-state index in [-0.39, 0.29) is 31.0 Å². The Hall–Kier alpha value is -2.05. The van der Waals surface area contributed by atoms with Gasteiger partial charge in [-0.15, -0.1) is 0 Å². The summed E-state index contributed by atoms with van der Waals surface area (Å²) in [6, 6.07) is 0.927. The summed E-state index contributed by atoms with van der Waals surface area (Å²) < 4.78 is 39.2. The molecule has 2 rings (SSSR count). The summed E-state index contributed by atoms with van der Waals surface area (Å²) in [6.45, 7) is 1.85. The molecular weight excluding hydrogens is 287 g/mol. The molecule has 1 aromatic carbocycles. The Labute approximate surface area is 119 Å². The number of carboxylic acids is 1. The molecular formula is C14H14F3NO3. The monoisotopic (exact) mass is 301 g/mol. The lowest BCUT2D eigenvalue weighted by molar-refractivity contribution is -0.143. The molecule has 2 unspecified atom stereocenters. The quantitative estimate of drug-likeness (QED) is 0.854. The Balaban J connectivity index is 2.19. The van der Waals surface area contributed by atoms with Crippen LogP contribution >= 0.6 is 0 Å². The van der Waals surface area contributed by atoms with E-state index in [1.165, 1.54) is 4.90 Å². The fourth-order valence-corrected chi connectivity index (χ4v) is 2.54. The zero-order valence-electron chi connectivity index (χ0n) is 11.3. The highest BCUT2D eigenvalue weighted by atomic mass is 19.2. The first-order valence-corrected chi connectivity index (χ1v) is 6.49. The van der Waals surface area contributed by atoms with Crippen LogP contribution in [0, 0.1) is 23.4 Å². The van der Waals surface area contributed by atoms with Gasteiger partial charge in [-0.2, -0.15) is 0 Å². The molecule has 2 atom stereocenters. The average molecular weight is 301 g/mol. The molecule has 1 saturated heterocycles. The Morgan fingerprint density at radius 1 is 1.24 bits per heavy atom. The minimum absolute atomic E-state index is 0.178. The third-order valence-corrected chi connectivity index (χ3v) is 3.72. The Kier molecular flexibility index (Phi) is 4.20. The number of nitrogens with zero attached hydrogens (tertiary/aromatic N) is 1. The van der Waals surface area contributed by atoms with Gasteiger partial charge in [-0.05, 0) is 31.9 Å². The first-order chi connectivity index (χ1) is 9.81. The highest BCUT2D eigenvalue weighted by molar-refractivity contribution is 5.94. The molecule has 1 N–H and O–H groups in total. The molecule has 1 aromatic rings. The second kappa shape index (κ2) is 5.75. The standard InChI is InChI=1S/C14H14F3NO3/c1-7-4-8(14(20)21)2-3-18(7)13(19)9-5-10(15)12(17)11(16)6-9/h5-8H,2-4H2,1H3,(H,20,21). The van der Waals surface area contributed by atoms with Crippen molar-refractivity contribution in [2.75, 3.05) is 6.54 Å². The van der Waals surface area contributed by atoms with E-state index in [1.807, 2.05) is 0 Å². The number of piperidine rings is 1. The van der Waals surface area contributed by atoms with Gasteiger partial charge in [0.15, 0.2) is 17.5 Å². The minimum atomic E-state index is -1.62. The topological polar surface area (TPSA) is 57.6 Å². The minimum Gasteiger partial charge on any atom is -0.481 e. The van der Waals surface area contributed by atoms with Crippen molar-refractivity contribution >= 4 is 11.9 Å². The van der Waals surface area contributed by atoms with Crippen LogP contribution in [0.2, 0.25) is 0 Å². The van der Waals surface area contributed by atoms with Gasteiger partial charge < -0.3 is 10.0 Å². The summed E-state index contributed by atoms with van der Waals surface area (Å²) >= 11 is 0. The lowest BCUT2D eigenvalue weighted by Crippen LogP contribution is -2.46. The van der Waals surface area contributed by atoms with Crippen LogP contribution in [0.25, 0.3) is 0 Å². The zero-order valence-corrected chi connectivity index (χ0v) is 11.3. The SMILES string of the molecule is CC1CC(C(=O)O)CCN1C(=O)c1cc(F)c(F)c(F)c1. The normalized spacial score (nSPS) is 22.2. The molecule has 1 aliphatic rings. The zero-order chi connectivity index (χ0) is 15.7. The van der Waals surface area contributed by atoms with Gasteiger partial charge >= 0.3 is 5.97 Å². The fraction of sp³-hybridized carbons (Fsp3) is 0.429. The first-order valence-electron chi connectivity index (χ1n) is 6.49. The van der Waals surface area contributed by atoms with Crippen molar-refractivity contribution < 1.29 is 27.9 Å². The Morgan fingerprint density at radius 2 is 1.81 bits per heavy atom. The van der Waals surface area contributed by atoms with Crippen LogP contribution < -0.4 is 0 Å². The average Bonchev–Trinajstić information content (AvgIpc) is 2.43. The van der Waals surface area contributed by atoms with Crippen LogP contribution in [0.5, 0.6) is 0 Å². The third kappa shape index (κ3) is 3.01. The smallest absolute Gasteiger partial charge is 0.306 e. The summed E-state index contributed by atoms with van der Waals surface area (Å²) in [5.74, 6) is -6.57. The van der Waals surface area contributed by atoms with Crippen LogP contribution in [-0.4, -0.2) is 34.5 Å². The molecule has 0 saturated carbocycles. The van der Waals surface area contributed by atoms with Crippen molar-refractivity contribution in [2.24, 2.45) is 5.92 Å². The third-order valence-electron chi connectivity index (χ3n) is 3.72. The largest absolute Gasteiger partial charge is 0.481 e. The van der Waals surface area contributed by atoms with Crippen molar-refractivity contribution in [3.05, 3.63) is 35.1 Å². The summed E-state index contributed by atoms with van der Waals surface area (Å²) in [5.41, 5.74) is -0.285. The van der Waals surface area contributed by atoms with Crippen LogP contribution in [-0.2, 0) is 4.79 Å². The van der Waals surface area contributed by atoms with Crippen LogP contribution in [0.1, 0.15) is 30.1 Å². The molecule has 4 nitrogen and oxygen atoms in total. The van der Waals surface area contributed by atoms with Gasteiger partial charge in [0.25, 0.3) is 5.91 Å². The molecule has 0 aromatic heterocycles. The number of rotatable bonds is 2. The second-order valence-corrected chi connectivity index (χ2v) is 5.16. The lowest BCUT2D eigenvalue weighted by Gasteiger charge is -2.36. The Bertz CT molecular complexity index is 568. The van der Waals surface area contributed by atoms with E-state index in [4.69, 9.17) is 5.11 Å². The molecule has 7 heteroatoms. The fourth-order valence-electron chi connectivity index (χ4n) is 2.54. The van der Waals surface area contributed by atoms with E-state index in [0.717, 1.165) is 0 Å². The summed E-state index contributed by atoms with van der Waals surface area (Å²) in [7, 11) is 0. The van der Waals surface area contributed by atoms with E-state index >= 15 is 0 Å². The summed E-state index contributed by atoms with van der Waals surface area (Å²) in [6.07, 6.45) is 0.546. The van der Waals surface area contributed by atoms with Crippen LogP contribution in [0.3, 0.4) is 0 Å². The predicted molar refractivity (Wildman–Crippen MR) is 67.2 cm³/mol. The second-order valence-electron chi connectivity index (χ2n) is 5.16. The van der Waals surface area contributed by atoms with Crippen molar-refractivity contribution in [2.45, 2.75) is 25.8 Å². The molecule has 1 fully saturated rings. The number of aliphatic carboxylic acids is 1. The maximum Gasteiger partial charge on any atom is 0.306 e. The highest BCUT2D eigenvalue weighted by Gasteiger charge is 2.33. The molecule has 114 valence electrons. The van der Waals surface area contributed by atoms with Gasteiger partial charge in [0.05, 0.1) is 5.92 Å². The van der Waals surface area contributed by atoms with Crippen molar-refractivity contribution in [1.29, 1.82) is 0 Å². The van der Waals surface area contributed by atoms with Crippen LogP contribution in [0.15, 0.2) is 12.1 Å². The first kappa shape index (κ1) is 15.3. The number of hydrogen-bond donors (Lipinski definition) is 1. The summed E-state index contributed by atoms with van der Waals surface area (Å²) in [4.78, 5) is 24.5. The van der Waals surface area contributed by atoms with E-state index in [0.29, 0.717) is 12.1 Å². The van der Waals surface area contributed by atoms with Gasteiger partial charge in [0.1, 0.15) is 0 Å². The van der Waals surface area contributed by atoms with Gasteiger partial charge in [0, 0.05) is 18.2 Å². The van der Waals surface area contributed by atoms with Gasteiger partial charge in [-0.1, -0.05) is 0 Å². The number of carbonyl (C=O) groups is 2. The van der Waals surface area contributed by atoms with Gasteiger partial charge in [-0.25, -0.2) is 13.2 Å². The maximum atomic E-state index is 13.2. The number of benzene rings is 1. The maximum absolute atomic E-state index is 13.2. The van der Waals surface area contributed by atoms with Crippen molar-refractivity contribution in [1.82, 2.24) is 4.90 Å². The molecule has 1 aliphatic heterocycles. The number of hydrogen-bond acceptors (Lipinski definition) is 2. The molecule has 21 heavy (non-hydrogen) atoms. The van der Waals surface area contributed by atoms with Crippen molar-refractivity contribution in [3.8, 4) is 0 Å². The molecule has 1 heterocycles. The lowest BCUT2D eigenvalue weighted by atomic mass is 9.91. The predicted octanol–water partition coefficient (Wildman–Crippen LogP) is 2.43. The highest BCUT2D eigenvalue weighted by Crippen LogP contribution is 2.25. The number of carbonyl (C=O) groups excluding carboxylic acids is 1. The van der Waals surface area contributed by atoms with E-state index in [2.05, 4.69) is 0 Å². The van der Waals surface area contributed by atoms with Crippen molar-refractivity contribution in [3.63, 3.8) is 0 Å². The van der Waals surface area contributed by atoms with Crippen LogP contribution in [0.4, 0.5) is 13.2 Å². The molecule has 0 radical (unpaired) electrons. The van der Waals surface area contributed by atoms with E-state index < -0.39 is 35.2 Å². The number of likely N-dealkylation sites (tertiary alicyclic amines) is 1. The Morgan fingerprint density at radius 3 is 2.29 bits per heavy atom. The van der Waals surface area contributed by atoms with Gasteiger partial charge in [0.2, 0.25) is 0 Å². The number of halogens is 3.